The number of piperidine rings is 1. The summed E-state index contributed by atoms with van der Waals surface area (Å²) in [6, 6.07) is 11.0. The van der Waals surface area contributed by atoms with E-state index in [0.717, 1.165) is 31.2 Å². The highest BCUT2D eigenvalue weighted by Crippen LogP contribution is 2.21. The fourth-order valence-corrected chi connectivity index (χ4v) is 2.88. The van der Waals surface area contributed by atoms with Crippen LogP contribution in [0.4, 0.5) is 4.39 Å². The van der Waals surface area contributed by atoms with Gasteiger partial charge in [0.2, 0.25) is 0 Å². The van der Waals surface area contributed by atoms with Crippen LogP contribution in [-0.2, 0) is 6.54 Å². The van der Waals surface area contributed by atoms with Crippen molar-refractivity contribution in [3.63, 3.8) is 0 Å². The second kappa shape index (κ2) is 5.80. The monoisotopic (exact) mass is 272 g/mol. The lowest BCUT2D eigenvalue weighted by atomic mass is 9.99. The maximum atomic E-state index is 13.9. The van der Waals surface area contributed by atoms with Gasteiger partial charge < -0.3 is 4.57 Å². The first-order chi connectivity index (χ1) is 9.74. The fraction of sp³-hybridized carbons (Fsp3) is 0.412. The molecule has 1 aromatic heterocycles. The molecule has 0 atom stereocenters. The molecule has 0 bridgehead atoms. The van der Waals surface area contributed by atoms with Gasteiger partial charge >= 0.3 is 0 Å². The Morgan fingerprint density at radius 3 is 2.60 bits per heavy atom. The van der Waals surface area contributed by atoms with E-state index in [1.54, 1.807) is 6.07 Å². The van der Waals surface area contributed by atoms with Crippen molar-refractivity contribution in [1.82, 2.24) is 9.47 Å². The molecule has 2 nitrogen and oxygen atoms in total. The van der Waals surface area contributed by atoms with Crippen molar-refractivity contribution < 1.29 is 4.39 Å². The highest BCUT2D eigenvalue weighted by Gasteiger charge is 2.17. The molecule has 1 aliphatic rings. The van der Waals surface area contributed by atoms with Gasteiger partial charge in [-0.2, -0.15) is 0 Å². The van der Waals surface area contributed by atoms with E-state index in [9.17, 15) is 4.39 Å². The van der Waals surface area contributed by atoms with Crippen LogP contribution in [0.2, 0.25) is 0 Å². The number of rotatable bonds is 3. The normalized spacial score (nSPS) is 17.5. The molecule has 3 heteroatoms. The highest BCUT2D eigenvalue weighted by atomic mass is 19.1. The van der Waals surface area contributed by atoms with Gasteiger partial charge in [-0.1, -0.05) is 19.1 Å². The van der Waals surface area contributed by atoms with Crippen molar-refractivity contribution in [3.8, 4) is 5.69 Å². The van der Waals surface area contributed by atoms with E-state index >= 15 is 0 Å². The van der Waals surface area contributed by atoms with E-state index in [2.05, 4.69) is 17.9 Å². The Labute approximate surface area is 119 Å². The van der Waals surface area contributed by atoms with E-state index in [1.807, 2.05) is 29.0 Å². The van der Waals surface area contributed by atoms with Gasteiger partial charge in [-0.3, -0.25) is 4.90 Å². The van der Waals surface area contributed by atoms with Gasteiger partial charge in [0.05, 0.1) is 5.69 Å². The molecule has 0 unspecified atom stereocenters. The molecule has 1 aromatic carbocycles. The van der Waals surface area contributed by atoms with Crippen LogP contribution in [0.25, 0.3) is 5.69 Å². The number of nitrogens with zero attached hydrogens (tertiary/aromatic N) is 2. The summed E-state index contributed by atoms with van der Waals surface area (Å²) in [4.78, 5) is 2.46. The van der Waals surface area contributed by atoms with Gasteiger partial charge in [0, 0.05) is 18.4 Å². The maximum absolute atomic E-state index is 13.9. The van der Waals surface area contributed by atoms with Gasteiger partial charge in [-0.25, -0.2) is 4.39 Å². The summed E-state index contributed by atoms with van der Waals surface area (Å²) >= 11 is 0. The first-order valence-electron chi connectivity index (χ1n) is 7.37. The molecule has 0 amide bonds. The third kappa shape index (κ3) is 2.78. The van der Waals surface area contributed by atoms with E-state index in [-0.39, 0.29) is 5.82 Å². The molecule has 1 fully saturated rings. The first-order valence-corrected chi connectivity index (χ1v) is 7.37. The Bertz CT molecular complexity index is 568. The molecule has 20 heavy (non-hydrogen) atoms. The van der Waals surface area contributed by atoms with Crippen molar-refractivity contribution in [2.75, 3.05) is 13.1 Å². The number of benzene rings is 1. The highest BCUT2D eigenvalue weighted by molar-refractivity contribution is 5.36. The van der Waals surface area contributed by atoms with Gasteiger partial charge in [0.15, 0.2) is 0 Å². The summed E-state index contributed by atoms with van der Waals surface area (Å²) in [6.45, 7) is 5.50. The summed E-state index contributed by atoms with van der Waals surface area (Å²) < 4.78 is 15.9. The topological polar surface area (TPSA) is 8.17 Å². The van der Waals surface area contributed by atoms with Gasteiger partial charge in [-0.05, 0) is 56.1 Å². The zero-order valence-electron chi connectivity index (χ0n) is 11.9. The molecule has 0 N–H and O–H groups in total. The number of likely N-dealkylation sites (tertiary alicyclic amines) is 1. The smallest absolute Gasteiger partial charge is 0.147 e. The number of para-hydroxylation sites is 1. The molecular weight excluding hydrogens is 251 g/mol. The summed E-state index contributed by atoms with van der Waals surface area (Å²) in [5.74, 6) is 0.668. The average molecular weight is 272 g/mol. The second-order valence-corrected chi connectivity index (χ2v) is 5.78. The Hall–Kier alpha value is -1.61. The number of halogens is 1. The van der Waals surface area contributed by atoms with E-state index in [4.69, 9.17) is 0 Å². The Morgan fingerprint density at radius 1 is 1.10 bits per heavy atom. The van der Waals surface area contributed by atoms with Crippen molar-refractivity contribution >= 4 is 0 Å². The minimum absolute atomic E-state index is 0.169. The lowest BCUT2D eigenvalue weighted by Gasteiger charge is -2.30. The van der Waals surface area contributed by atoms with Crippen LogP contribution in [0.3, 0.4) is 0 Å². The number of aromatic nitrogens is 1. The largest absolute Gasteiger partial charge is 0.317 e. The third-order valence-electron chi connectivity index (χ3n) is 4.21. The molecule has 0 radical (unpaired) electrons. The lowest BCUT2D eigenvalue weighted by molar-refractivity contribution is 0.182. The van der Waals surface area contributed by atoms with Crippen molar-refractivity contribution in [1.29, 1.82) is 0 Å². The zero-order valence-corrected chi connectivity index (χ0v) is 11.9. The van der Waals surface area contributed by atoms with Crippen LogP contribution in [0.5, 0.6) is 0 Å². The summed E-state index contributed by atoms with van der Waals surface area (Å²) in [6.07, 6.45) is 4.47. The summed E-state index contributed by atoms with van der Waals surface area (Å²) in [5.41, 5.74) is 1.79. The maximum Gasteiger partial charge on any atom is 0.147 e. The van der Waals surface area contributed by atoms with Gasteiger partial charge in [-0.15, -0.1) is 0 Å². The Balaban J connectivity index is 1.79. The Morgan fingerprint density at radius 2 is 1.85 bits per heavy atom. The predicted octanol–water partition coefficient (Wildman–Crippen LogP) is 3.85. The van der Waals surface area contributed by atoms with E-state index < -0.39 is 0 Å². The molecule has 3 rings (SSSR count). The van der Waals surface area contributed by atoms with Gasteiger partial charge in [0.1, 0.15) is 5.82 Å². The second-order valence-electron chi connectivity index (χ2n) is 5.78. The Kier molecular flexibility index (Phi) is 3.88. The number of hydrogen-bond donors (Lipinski definition) is 0. The molecule has 0 saturated carbocycles. The molecule has 2 heterocycles. The van der Waals surface area contributed by atoms with Crippen molar-refractivity contribution in [2.45, 2.75) is 26.3 Å². The predicted molar refractivity (Wildman–Crippen MR) is 79.4 cm³/mol. The lowest BCUT2D eigenvalue weighted by Crippen LogP contribution is -2.32. The van der Waals surface area contributed by atoms with Crippen LogP contribution in [0.1, 0.15) is 25.5 Å². The van der Waals surface area contributed by atoms with Crippen LogP contribution in [-0.4, -0.2) is 22.6 Å². The number of hydrogen-bond acceptors (Lipinski definition) is 1. The van der Waals surface area contributed by atoms with E-state index in [0.29, 0.717) is 5.69 Å². The minimum atomic E-state index is -0.169. The molecule has 1 saturated heterocycles. The fourth-order valence-electron chi connectivity index (χ4n) is 2.88. The summed E-state index contributed by atoms with van der Waals surface area (Å²) in [5, 5.41) is 0. The third-order valence-corrected chi connectivity index (χ3v) is 4.21. The molecule has 106 valence electrons. The summed E-state index contributed by atoms with van der Waals surface area (Å²) in [7, 11) is 0. The standard InChI is InChI=1S/C17H21FN2/c1-14-8-11-19(12-9-14)13-15-5-4-10-20(15)17-7-3-2-6-16(17)18/h2-7,10,14H,8-9,11-13H2,1H3. The van der Waals surface area contributed by atoms with E-state index in [1.165, 1.54) is 18.9 Å². The molecule has 0 spiro atoms. The SMILES string of the molecule is CC1CCN(Cc2cccn2-c2ccccc2F)CC1. The molecule has 0 aliphatic carbocycles. The average Bonchev–Trinajstić information content (AvgIpc) is 2.90. The van der Waals surface area contributed by atoms with Crippen LogP contribution >= 0.6 is 0 Å². The molecular formula is C17H21FN2. The van der Waals surface area contributed by atoms with Crippen LogP contribution in [0, 0.1) is 11.7 Å². The van der Waals surface area contributed by atoms with Crippen molar-refractivity contribution in [3.05, 3.63) is 54.1 Å². The zero-order chi connectivity index (χ0) is 13.9. The minimum Gasteiger partial charge on any atom is -0.317 e. The quantitative estimate of drug-likeness (QED) is 0.824. The first kappa shape index (κ1) is 13.4. The van der Waals surface area contributed by atoms with Crippen LogP contribution < -0.4 is 0 Å². The van der Waals surface area contributed by atoms with Gasteiger partial charge in [0.25, 0.3) is 0 Å². The molecule has 2 aromatic rings. The molecule has 1 aliphatic heterocycles. The van der Waals surface area contributed by atoms with Crippen LogP contribution in [0.15, 0.2) is 42.6 Å². The van der Waals surface area contributed by atoms with Crippen molar-refractivity contribution in [2.24, 2.45) is 5.92 Å².